The highest BCUT2D eigenvalue weighted by Gasteiger charge is 2.37. The third-order valence-corrected chi connectivity index (χ3v) is 4.31. The van der Waals surface area contributed by atoms with Gasteiger partial charge < -0.3 is 9.84 Å². The number of benzene rings is 1. The van der Waals surface area contributed by atoms with E-state index in [9.17, 15) is 9.90 Å². The molecular weight excluding hydrogens is 268 g/mol. The van der Waals surface area contributed by atoms with Gasteiger partial charge in [-0.15, -0.1) is 0 Å². The Balaban J connectivity index is 1.52. The van der Waals surface area contributed by atoms with Gasteiger partial charge in [0.05, 0.1) is 0 Å². The van der Waals surface area contributed by atoms with Crippen molar-refractivity contribution in [1.82, 2.24) is 9.80 Å². The number of phenols is 1. The molecule has 1 aromatic carbocycles. The van der Waals surface area contributed by atoms with Gasteiger partial charge in [0.25, 0.3) is 0 Å². The molecule has 114 valence electrons. The summed E-state index contributed by atoms with van der Waals surface area (Å²) >= 11 is 0. The first-order valence-corrected chi connectivity index (χ1v) is 7.56. The fourth-order valence-corrected chi connectivity index (χ4v) is 3.18. The van der Waals surface area contributed by atoms with Gasteiger partial charge in [0.2, 0.25) is 0 Å². The van der Waals surface area contributed by atoms with Crippen molar-refractivity contribution < 1.29 is 14.6 Å². The Morgan fingerprint density at radius 2 is 2.05 bits per heavy atom. The van der Waals surface area contributed by atoms with Gasteiger partial charge >= 0.3 is 5.97 Å². The van der Waals surface area contributed by atoms with Gasteiger partial charge in [-0.25, -0.2) is 0 Å². The molecule has 0 bridgehead atoms. The van der Waals surface area contributed by atoms with Crippen molar-refractivity contribution in [2.75, 3.05) is 26.2 Å². The van der Waals surface area contributed by atoms with Crippen LogP contribution in [0.1, 0.15) is 18.9 Å². The average molecular weight is 290 g/mol. The number of esters is 1. The Morgan fingerprint density at radius 3 is 2.67 bits per heavy atom. The van der Waals surface area contributed by atoms with Crippen molar-refractivity contribution in [2.45, 2.75) is 32.0 Å². The van der Waals surface area contributed by atoms with Crippen LogP contribution in [0.2, 0.25) is 0 Å². The average Bonchev–Trinajstić information content (AvgIpc) is 2.79. The van der Waals surface area contributed by atoms with Crippen LogP contribution in [0.5, 0.6) is 5.75 Å². The zero-order valence-electron chi connectivity index (χ0n) is 12.4. The Bertz CT molecular complexity index is 512. The van der Waals surface area contributed by atoms with Crippen LogP contribution in [0.4, 0.5) is 0 Å². The van der Waals surface area contributed by atoms with Crippen LogP contribution < -0.4 is 0 Å². The Kier molecular flexibility index (Phi) is 4.12. The third kappa shape index (κ3) is 3.36. The molecule has 3 rings (SSSR count). The Labute approximate surface area is 125 Å². The quantitative estimate of drug-likeness (QED) is 0.848. The number of hydrogen-bond donors (Lipinski definition) is 1. The van der Waals surface area contributed by atoms with Crippen molar-refractivity contribution in [1.29, 1.82) is 0 Å². The number of rotatable bonds is 3. The number of piperazine rings is 1. The molecule has 2 fully saturated rings. The maximum absolute atomic E-state index is 11.8. The number of hydrogen-bond acceptors (Lipinski definition) is 5. The lowest BCUT2D eigenvalue weighted by molar-refractivity contribution is -0.145. The Morgan fingerprint density at radius 1 is 1.29 bits per heavy atom. The van der Waals surface area contributed by atoms with E-state index in [1.807, 2.05) is 25.1 Å². The molecular formula is C16H22N2O3. The predicted molar refractivity (Wildman–Crippen MR) is 78.9 cm³/mol. The molecule has 2 unspecified atom stereocenters. The molecule has 2 aliphatic rings. The predicted octanol–water partition coefficient (Wildman–Crippen LogP) is 1.21. The molecule has 5 heteroatoms. The number of ether oxygens (including phenoxy) is 1. The number of carbonyl (C=O) groups is 1. The summed E-state index contributed by atoms with van der Waals surface area (Å²) in [6, 6.07) is 7.35. The summed E-state index contributed by atoms with van der Waals surface area (Å²) in [4.78, 5) is 16.4. The van der Waals surface area contributed by atoms with Crippen LogP contribution in [0, 0.1) is 0 Å². The lowest BCUT2D eigenvalue weighted by Crippen LogP contribution is -2.51. The third-order valence-electron chi connectivity index (χ3n) is 4.31. The van der Waals surface area contributed by atoms with E-state index in [2.05, 4.69) is 9.80 Å². The summed E-state index contributed by atoms with van der Waals surface area (Å²) in [6.07, 6.45) is 0.860. The van der Waals surface area contributed by atoms with Crippen LogP contribution in [0.25, 0.3) is 0 Å². The maximum Gasteiger partial charge on any atom is 0.323 e. The molecule has 21 heavy (non-hydrogen) atoms. The molecule has 0 spiro atoms. The summed E-state index contributed by atoms with van der Waals surface area (Å²) in [6.45, 7) is 6.46. The molecule has 0 aliphatic carbocycles. The highest BCUT2D eigenvalue weighted by atomic mass is 16.6. The first-order chi connectivity index (χ1) is 10.1. The fraction of sp³-hybridized carbons (Fsp3) is 0.562. The van der Waals surface area contributed by atoms with Gasteiger partial charge in [-0.2, -0.15) is 0 Å². The minimum atomic E-state index is -0.0658. The van der Waals surface area contributed by atoms with Gasteiger partial charge in [-0.1, -0.05) is 12.1 Å². The van der Waals surface area contributed by atoms with E-state index in [1.54, 1.807) is 6.07 Å². The minimum absolute atomic E-state index is 0.0489. The number of aromatic hydroxyl groups is 1. The van der Waals surface area contributed by atoms with Gasteiger partial charge in [-0.05, 0) is 24.6 Å². The summed E-state index contributed by atoms with van der Waals surface area (Å²) in [7, 11) is 0. The van der Waals surface area contributed by atoms with E-state index in [0.29, 0.717) is 5.75 Å². The molecule has 0 amide bonds. The molecule has 2 saturated heterocycles. The smallest absolute Gasteiger partial charge is 0.323 e. The van der Waals surface area contributed by atoms with Gasteiger partial charge in [-0.3, -0.25) is 14.6 Å². The van der Waals surface area contributed by atoms with Crippen LogP contribution in [0.3, 0.4) is 0 Å². The van der Waals surface area contributed by atoms with Gasteiger partial charge in [0.15, 0.2) is 0 Å². The van der Waals surface area contributed by atoms with E-state index in [4.69, 9.17) is 4.74 Å². The fourth-order valence-electron chi connectivity index (χ4n) is 3.18. The summed E-state index contributed by atoms with van der Waals surface area (Å²) in [5, 5.41) is 9.50. The molecule has 1 N–H and O–H groups in total. The number of nitrogens with zero attached hydrogens (tertiary/aromatic N) is 2. The van der Waals surface area contributed by atoms with E-state index in [-0.39, 0.29) is 18.1 Å². The van der Waals surface area contributed by atoms with E-state index in [1.165, 1.54) is 0 Å². The maximum atomic E-state index is 11.8. The lowest BCUT2D eigenvalue weighted by Gasteiger charge is -2.36. The van der Waals surface area contributed by atoms with Crippen molar-refractivity contribution in [3.05, 3.63) is 29.8 Å². The number of phenolic OH excluding ortho intramolecular Hbond substituents is 1. The minimum Gasteiger partial charge on any atom is -0.508 e. The summed E-state index contributed by atoms with van der Waals surface area (Å²) in [5.41, 5.74) is 1.12. The highest BCUT2D eigenvalue weighted by molar-refractivity contribution is 5.78. The van der Waals surface area contributed by atoms with Crippen molar-refractivity contribution in [3.8, 4) is 5.75 Å². The normalized spacial score (nSPS) is 27.8. The Hall–Kier alpha value is -1.59. The van der Waals surface area contributed by atoms with E-state index in [0.717, 1.165) is 44.7 Å². The lowest BCUT2D eigenvalue weighted by atomic mass is 10.1. The first kappa shape index (κ1) is 14.4. The highest BCUT2D eigenvalue weighted by Crippen LogP contribution is 2.22. The molecule has 5 nitrogen and oxygen atoms in total. The molecule has 2 aliphatic heterocycles. The monoisotopic (exact) mass is 290 g/mol. The van der Waals surface area contributed by atoms with Crippen LogP contribution in [-0.2, 0) is 16.1 Å². The molecule has 0 saturated carbocycles. The summed E-state index contributed by atoms with van der Waals surface area (Å²) in [5.74, 6) is 0.248. The second kappa shape index (κ2) is 6.03. The van der Waals surface area contributed by atoms with Crippen LogP contribution >= 0.6 is 0 Å². The van der Waals surface area contributed by atoms with Crippen molar-refractivity contribution >= 4 is 5.97 Å². The zero-order chi connectivity index (χ0) is 14.8. The largest absolute Gasteiger partial charge is 0.508 e. The zero-order valence-corrected chi connectivity index (χ0v) is 12.4. The van der Waals surface area contributed by atoms with Gasteiger partial charge in [0, 0.05) is 39.1 Å². The second-order valence-corrected chi connectivity index (χ2v) is 5.98. The van der Waals surface area contributed by atoms with Gasteiger partial charge in [0.1, 0.15) is 17.9 Å². The number of carbonyl (C=O) groups excluding carboxylic acids is 1. The second-order valence-electron chi connectivity index (χ2n) is 5.98. The SMILES string of the molecule is CC1CC(N2CCN(Cc3cccc(O)c3)CC2)C(=O)O1. The van der Waals surface area contributed by atoms with Crippen LogP contribution in [-0.4, -0.2) is 59.2 Å². The topological polar surface area (TPSA) is 53.0 Å². The first-order valence-electron chi connectivity index (χ1n) is 7.56. The molecule has 0 aromatic heterocycles. The number of cyclic esters (lactones) is 1. The van der Waals surface area contributed by atoms with E-state index >= 15 is 0 Å². The van der Waals surface area contributed by atoms with Crippen molar-refractivity contribution in [2.24, 2.45) is 0 Å². The van der Waals surface area contributed by atoms with Crippen LogP contribution in [0.15, 0.2) is 24.3 Å². The molecule has 0 radical (unpaired) electrons. The molecule has 1 aromatic rings. The molecule has 2 heterocycles. The summed E-state index contributed by atoms with van der Waals surface area (Å²) < 4.78 is 5.24. The standard InChI is InChI=1S/C16H22N2O3/c1-12-9-15(16(20)21-12)18-7-5-17(6-8-18)11-13-3-2-4-14(19)10-13/h2-4,10,12,15,19H,5-9,11H2,1H3. The van der Waals surface area contributed by atoms with E-state index < -0.39 is 0 Å². The van der Waals surface area contributed by atoms with Crippen molar-refractivity contribution in [3.63, 3.8) is 0 Å². The molecule has 2 atom stereocenters.